The van der Waals surface area contributed by atoms with E-state index in [1.54, 1.807) is 0 Å². The predicted molar refractivity (Wildman–Crippen MR) is 100 cm³/mol. The molecular weight excluding hydrogens is 292 g/mol. The summed E-state index contributed by atoms with van der Waals surface area (Å²) in [5.74, 6) is 0. The molecule has 0 unspecified atom stereocenters. The minimum Gasteiger partial charge on any atom is -0.304 e. The molecule has 1 heterocycles. The first-order valence-corrected chi connectivity index (χ1v) is 9.36. The summed E-state index contributed by atoms with van der Waals surface area (Å²) in [7, 11) is 0. The van der Waals surface area contributed by atoms with Gasteiger partial charge >= 0.3 is 0 Å². The van der Waals surface area contributed by atoms with Gasteiger partial charge in [-0.1, -0.05) is 72.5 Å². The van der Waals surface area contributed by atoms with Gasteiger partial charge < -0.3 is 10.6 Å². The number of benzene rings is 2. The van der Waals surface area contributed by atoms with Gasteiger partial charge in [0.2, 0.25) is 0 Å². The average molecular weight is 320 g/mol. The third-order valence-corrected chi connectivity index (χ3v) is 5.69. The van der Waals surface area contributed by atoms with Crippen LogP contribution in [0.4, 0.5) is 0 Å². The van der Waals surface area contributed by atoms with Gasteiger partial charge in [-0.3, -0.25) is 0 Å². The van der Waals surface area contributed by atoms with E-state index in [4.69, 9.17) is 0 Å². The smallest absolute Gasteiger partial charge is 0.0521 e. The average Bonchev–Trinajstić information content (AvgIpc) is 2.60. The molecule has 2 aliphatic rings. The van der Waals surface area contributed by atoms with E-state index >= 15 is 0 Å². The van der Waals surface area contributed by atoms with Crippen LogP contribution in [0.1, 0.15) is 60.0 Å². The Kier molecular flexibility index (Phi) is 4.43. The number of piperazine rings is 1. The summed E-state index contributed by atoms with van der Waals surface area (Å²) < 4.78 is 0. The van der Waals surface area contributed by atoms with Crippen LogP contribution in [-0.2, 0) is 0 Å². The SMILES string of the molecule is Cc1cccc([C@H]2N[C@H]3CCCC[C@@H]3N[C@@H]2c2cccc(C)c2)c1. The van der Waals surface area contributed by atoms with Crippen molar-refractivity contribution in [1.82, 2.24) is 10.6 Å². The zero-order chi connectivity index (χ0) is 16.5. The van der Waals surface area contributed by atoms with Crippen LogP contribution in [0, 0.1) is 13.8 Å². The first-order valence-electron chi connectivity index (χ1n) is 9.36. The molecule has 4 atom stereocenters. The zero-order valence-electron chi connectivity index (χ0n) is 14.8. The maximum Gasteiger partial charge on any atom is 0.0521 e. The zero-order valence-corrected chi connectivity index (χ0v) is 14.8. The summed E-state index contributed by atoms with van der Waals surface area (Å²) in [4.78, 5) is 0. The van der Waals surface area contributed by atoms with Crippen molar-refractivity contribution in [3.05, 3.63) is 70.8 Å². The number of hydrogen-bond acceptors (Lipinski definition) is 2. The van der Waals surface area contributed by atoms with Crippen molar-refractivity contribution in [2.24, 2.45) is 0 Å². The molecule has 2 nitrogen and oxygen atoms in total. The van der Waals surface area contributed by atoms with Gasteiger partial charge in [0.05, 0.1) is 12.1 Å². The fraction of sp³-hybridized carbons (Fsp3) is 0.455. The fourth-order valence-electron chi connectivity index (χ4n) is 4.49. The molecule has 0 amide bonds. The Balaban J connectivity index is 1.71. The van der Waals surface area contributed by atoms with Gasteiger partial charge in [-0.05, 0) is 37.8 Å². The highest BCUT2D eigenvalue weighted by molar-refractivity contribution is 5.33. The standard InChI is InChI=1S/C22H28N2/c1-15-7-5-9-17(13-15)21-22(18-10-6-8-16(2)14-18)24-20-12-4-3-11-19(20)23-21/h5-10,13-14,19-24H,3-4,11-12H2,1-2H3/t19-,20-,21+,22+/m0/s1. The van der Waals surface area contributed by atoms with Gasteiger partial charge in [0.25, 0.3) is 0 Å². The molecule has 24 heavy (non-hydrogen) atoms. The lowest BCUT2D eigenvalue weighted by Gasteiger charge is -2.46. The van der Waals surface area contributed by atoms with E-state index < -0.39 is 0 Å². The molecule has 1 aliphatic heterocycles. The van der Waals surface area contributed by atoms with Crippen molar-refractivity contribution in [1.29, 1.82) is 0 Å². The monoisotopic (exact) mass is 320 g/mol. The van der Waals surface area contributed by atoms with Crippen molar-refractivity contribution in [2.45, 2.75) is 63.7 Å². The van der Waals surface area contributed by atoms with Crippen LogP contribution in [0.2, 0.25) is 0 Å². The molecule has 2 aromatic carbocycles. The molecule has 1 saturated carbocycles. The molecule has 0 spiro atoms. The van der Waals surface area contributed by atoms with Crippen LogP contribution in [0.5, 0.6) is 0 Å². The Morgan fingerprint density at radius 2 is 1.17 bits per heavy atom. The highest BCUT2D eigenvalue weighted by Gasteiger charge is 2.38. The Morgan fingerprint density at radius 3 is 1.58 bits per heavy atom. The van der Waals surface area contributed by atoms with Crippen molar-refractivity contribution < 1.29 is 0 Å². The van der Waals surface area contributed by atoms with E-state index in [2.05, 4.69) is 73.0 Å². The fourth-order valence-corrected chi connectivity index (χ4v) is 4.49. The first-order chi connectivity index (χ1) is 11.7. The number of fused-ring (bicyclic) bond motifs is 1. The van der Waals surface area contributed by atoms with Crippen LogP contribution >= 0.6 is 0 Å². The summed E-state index contributed by atoms with van der Waals surface area (Å²) in [6.07, 6.45) is 5.29. The summed E-state index contributed by atoms with van der Waals surface area (Å²) in [5.41, 5.74) is 5.47. The quantitative estimate of drug-likeness (QED) is 0.845. The van der Waals surface area contributed by atoms with Gasteiger partial charge in [0.1, 0.15) is 0 Å². The third kappa shape index (κ3) is 3.13. The van der Waals surface area contributed by atoms with Gasteiger partial charge in [0, 0.05) is 12.1 Å². The number of nitrogens with one attached hydrogen (secondary N) is 2. The highest BCUT2D eigenvalue weighted by Crippen LogP contribution is 2.37. The summed E-state index contributed by atoms with van der Waals surface area (Å²) in [6.45, 7) is 4.37. The van der Waals surface area contributed by atoms with Crippen molar-refractivity contribution in [3.8, 4) is 0 Å². The largest absolute Gasteiger partial charge is 0.304 e. The molecule has 4 rings (SSSR count). The number of aryl methyl sites for hydroxylation is 2. The van der Waals surface area contributed by atoms with E-state index in [0.717, 1.165) is 0 Å². The Hall–Kier alpha value is -1.64. The van der Waals surface area contributed by atoms with Gasteiger partial charge in [-0.2, -0.15) is 0 Å². The molecule has 126 valence electrons. The van der Waals surface area contributed by atoms with Crippen LogP contribution < -0.4 is 10.6 Å². The predicted octanol–water partition coefficient (Wildman–Crippen LogP) is 4.59. The molecule has 1 saturated heterocycles. The Morgan fingerprint density at radius 1 is 0.708 bits per heavy atom. The molecule has 0 aromatic heterocycles. The topological polar surface area (TPSA) is 24.1 Å². The highest BCUT2D eigenvalue weighted by atomic mass is 15.2. The van der Waals surface area contributed by atoms with Gasteiger partial charge in [0.15, 0.2) is 0 Å². The lowest BCUT2D eigenvalue weighted by atomic mass is 9.81. The van der Waals surface area contributed by atoms with Crippen molar-refractivity contribution >= 4 is 0 Å². The Bertz CT molecular complexity index is 647. The second kappa shape index (κ2) is 6.70. The third-order valence-electron chi connectivity index (χ3n) is 5.69. The van der Waals surface area contributed by atoms with Crippen LogP contribution in [0.3, 0.4) is 0 Å². The van der Waals surface area contributed by atoms with E-state index in [1.165, 1.54) is 47.9 Å². The summed E-state index contributed by atoms with van der Waals surface area (Å²) in [5, 5.41) is 8.01. The van der Waals surface area contributed by atoms with Gasteiger partial charge in [-0.25, -0.2) is 0 Å². The minimum atomic E-state index is 0.339. The van der Waals surface area contributed by atoms with E-state index in [9.17, 15) is 0 Å². The molecule has 0 bridgehead atoms. The molecular formula is C22H28N2. The second-order valence-corrected chi connectivity index (χ2v) is 7.61. The van der Waals surface area contributed by atoms with Crippen LogP contribution in [0.25, 0.3) is 0 Å². The molecule has 2 fully saturated rings. The molecule has 2 aromatic rings. The number of rotatable bonds is 2. The normalized spacial score (nSPS) is 29.9. The van der Waals surface area contributed by atoms with E-state index in [-0.39, 0.29) is 0 Å². The number of hydrogen-bond donors (Lipinski definition) is 2. The molecule has 2 heteroatoms. The second-order valence-electron chi connectivity index (χ2n) is 7.61. The van der Waals surface area contributed by atoms with Crippen molar-refractivity contribution in [3.63, 3.8) is 0 Å². The van der Waals surface area contributed by atoms with E-state index in [0.29, 0.717) is 24.2 Å². The van der Waals surface area contributed by atoms with Gasteiger partial charge in [-0.15, -0.1) is 0 Å². The molecule has 1 aliphatic carbocycles. The Labute approximate surface area is 145 Å². The van der Waals surface area contributed by atoms with Crippen LogP contribution in [0.15, 0.2) is 48.5 Å². The molecule has 2 N–H and O–H groups in total. The maximum atomic E-state index is 4.00. The van der Waals surface area contributed by atoms with Crippen LogP contribution in [-0.4, -0.2) is 12.1 Å². The van der Waals surface area contributed by atoms with E-state index in [1.807, 2.05) is 0 Å². The summed E-state index contributed by atoms with van der Waals surface area (Å²) in [6, 6.07) is 19.9. The molecule has 0 radical (unpaired) electrons. The maximum absolute atomic E-state index is 4.00. The van der Waals surface area contributed by atoms with Crippen molar-refractivity contribution in [2.75, 3.05) is 0 Å². The summed E-state index contributed by atoms with van der Waals surface area (Å²) >= 11 is 0. The lowest BCUT2D eigenvalue weighted by molar-refractivity contribution is 0.168. The lowest BCUT2D eigenvalue weighted by Crippen LogP contribution is -2.59. The first kappa shape index (κ1) is 15.9. The minimum absolute atomic E-state index is 0.339.